The van der Waals surface area contributed by atoms with Gasteiger partial charge in [-0.05, 0) is 12.8 Å². The van der Waals surface area contributed by atoms with E-state index in [1.54, 1.807) is 6.92 Å². The minimum absolute atomic E-state index is 0.115. The number of nitrogens with two attached hydrogens (primary N) is 1. The number of amides is 1. The first-order chi connectivity index (χ1) is 6.50. The Kier molecular flexibility index (Phi) is 3.54. The molecule has 0 aliphatic rings. The third-order valence-electron chi connectivity index (χ3n) is 1.78. The van der Waals surface area contributed by atoms with E-state index in [4.69, 9.17) is 5.73 Å². The predicted octanol–water partition coefficient (Wildman–Crippen LogP) is 0.768. The van der Waals surface area contributed by atoms with Crippen LogP contribution in [0.1, 0.15) is 19.7 Å². The number of hydrogen-bond donors (Lipinski definition) is 2. The van der Waals surface area contributed by atoms with Crippen LogP contribution in [-0.2, 0) is 4.79 Å². The molecule has 0 spiro atoms. The van der Waals surface area contributed by atoms with Crippen LogP contribution in [0.4, 0.5) is 5.13 Å². The number of aromatic nitrogens is 2. The average molecular weight is 214 g/mol. The highest BCUT2D eigenvalue weighted by molar-refractivity contribution is 7.09. The first-order valence-corrected chi connectivity index (χ1v) is 5.15. The first kappa shape index (κ1) is 11.1. The van der Waals surface area contributed by atoms with Crippen molar-refractivity contribution in [3.05, 3.63) is 5.82 Å². The Morgan fingerprint density at radius 2 is 2.21 bits per heavy atom. The predicted molar refractivity (Wildman–Crippen MR) is 56.1 cm³/mol. The van der Waals surface area contributed by atoms with E-state index in [0.717, 1.165) is 11.5 Å². The summed E-state index contributed by atoms with van der Waals surface area (Å²) in [6.07, 6.45) is 0. The summed E-state index contributed by atoms with van der Waals surface area (Å²) in [7, 11) is 0. The van der Waals surface area contributed by atoms with Gasteiger partial charge in [-0.1, -0.05) is 13.8 Å². The van der Waals surface area contributed by atoms with Gasteiger partial charge in [-0.15, -0.1) is 0 Å². The fraction of sp³-hybridized carbons (Fsp3) is 0.625. The normalized spacial score (nSPS) is 12.9. The third-order valence-corrected chi connectivity index (χ3v) is 2.50. The van der Waals surface area contributed by atoms with Crippen LogP contribution < -0.4 is 11.1 Å². The van der Waals surface area contributed by atoms with E-state index in [1.165, 1.54) is 0 Å². The molecule has 0 saturated carbocycles. The molecule has 1 aromatic heterocycles. The van der Waals surface area contributed by atoms with Gasteiger partial charge in [0.05, 0.1) is 6.04 Å². The third kappa shape index (κ3) is 2.74. The van der Waals surface area contributed by atoms with Crippen molar-refractivity contribution in [3.8, 4) is 0 Å². The second-order valence-electron chi connectivity index (χ2n) is 3.41. The fourth-order valence-electron chi connectivity index (χ4n) is 0.839. The van der Waals surface area contributed by atoms with Crippen molar-refractivity contribution in [2.24, 2.45) is 11.7 Å². The summed E-state index contributed by atoms with van der Waals surface area (Å²) in [5.41, 5.74) is 5.66. The number of anilines is 1. The lowest BCUT2D eigenvalue weighted by Gasteiger charge is -2.13. The van der Waals surface area contributed by atoms with Crippen LogP contribution in [0.3, 0.4) is 0 Å². The highest BCUT2D eigenvalue weighted by atomic mass is 32.1. The summed E-state index contributed by atoms with van der Waals surface area (Å²) in [6, 6.07) is -0.501. The van der Waals surface area contributed by atoms with Gasteiger partial charge in [0.25, 0.3) is 0 Å². The summed E-state index contributed by atoms with van der Waals surface area (Å²) >= 11 is 1.16. The van der Waals surface area contributed by atoms with Gasteiger partial charge < -0.3 is 5.73 Å². The molecule has 0 saturated heterocycles. The standard InChI is InChI=1S/C8H14N4OS/c1-4(2)6(9)7(13)11-8-10-5(3)12-14-8/h4,6H,9H2,1-3H3,(H,10,11,12,13). The lowest BCUT2D eigenvalue weighted by atomic mass is 10.1. The molecule has 1 rings (SSSR count). The maximum absolute atomic E-state index is 11.5. The molecule has 14 heavy (non-hydrogen) atoms. The molecule has 6 heteroatoms. The summed E-state index contributed by atoms with van der Waals surface area (Å²) in [6.45, 7) is 5.57. The van der Waals surface area contributed by atoms with Crippen LogP contribution in [0.25, 0.3) is 0 Å². The van der Waals surface area contributed by atoms with Crippen LogP contribution >= 0.6 is 11.5 Å². The molecule has 1 aromatic rings. The van der Waals surface area contributed by atoms with Crippen LogP contribution in [0.5, 0.6) is 0 Å². The second-order valence-corrected chi connectivity index (χ2v) is 4.16. The number of nitrogens with zero attached hydrogens (tertiary/aromatic N) is 2. The highest BCUT2D eigenvalue weighted by Crippen LogP contribution is 2.11. The topological polar surface area (TPSA) is 80.9 Å². The zero-order valence-corrected chi connectivity index (χ0v) is 9.26. The van der Waals surface area contributed by atoms with E-state index in [0.29, 0.717) is 11.0 Å². The largest absolute Gasteiger partial charge is 0.320 e. The van der Waals surface area contributed by atoms with Crippen LogP contribution in [-0.4, -0.2) is 21.3 Å². The van der Waals surface area contributed by atoms with E-state index in [2.05, 4.69) is 14.7 Å². The number of hydrogen-bond acceptors (Lipinski definition) is 5. The van der Waals surface area contributed by atoms with Crippen molar-refractivity contribution in [2.75, 3.05) is 5.32 Å². The SMILES string of the molecule is Cc1nsc(NC(=O)C(N)C(C)C)n1. The Morgan fingerprint density at radius 3 is 2.64 bits per heavy atom. The number of rotatable bonds is 3. The highest BCUT2D eigenvalue weighted by Gasteiger charge is 2.18. The minimum atomic E-state index is -0.501. The van der Waals surface area contributed by atoms with Crippen LogP contribution in [0.15, 0.2) is 0 Å². The van der Waals surface area contributed by atoms with Crippen molar-refractivity contribution >= 4 is 22.6 Å². The molecule has 0 radical (unpaired) electrons. The Balaban J connectivity index is 2.57. The second kappa shape index (κ2) is 4.47. The van der Waals surface area contributed by atoms with E-state index < -0.39 is 6.04 Å². The van der Waals surface area contributed by atoms with Crippen LogP contribution in [0.2, 0.25) is 0 Å². The molecule has 1 unspecified atom stereocenters. The number of carbonyl (C=O) groups is 1. The van der Waals surface area contributed by atoms with Gasteiger partial charge in [0.1, 0.15) is 5.82 Å². The molecule has 1 heterocycles. The van der Waals surface area contributed by atoms with E-state index in [-0.39, 0.29) is 11.8 Å². The fourth-order valence-corrected chi connectivity index (χ4v) is 1.42. The Bertz CT molecular complexity index is 323. The van der Waals surface area contributed by atoms with Gasteiger partial charge in [-0.2, -0.15) is 4.37 Å². The quantitative estimate of drug-likeness (QED) is 0.778. The smallest absolute Gasteiger partial charge is 0.243 e. The summed E-state index contributed by atoms with van der Waals surface area (Å²) in [5, 5.41) is 3.13. The van der Waals surface area contributed by atoms with E-state index in [9.17, 15) is 4.79 Å². The molecular weight excluding hydrogens is 200 g/mol. The van der Waals surface area contributed by atoms with Crippen molar-refractivity contribution in [1.82, 2.24) is 9.36 Å². The summed E-state index contributed by atoms with van der Waals surface area (Å²) in [5.74, 6) is 0.559. The van der Waals surface area contributed by atoms with Crippen molar-refractivity contribution < 1.29 is 4.79 Å². The molecule has 78 valence electrons. The van der Waals surface area contributed by atoms with Crippen molar-refractivity contribution in [3.63, 3.8) is 0 Å². The Labute approximate surface area is 86.9 Å². The minimum Gasteiger partial charge on any atom is -0.320 e. The van der Waals surface area contributed by atoms with Gasteiger partial charge in [0, 0.05) is 11.5 Å². The van der Waals surface area contributed by atoms with Crippen molar-refractivity contribution in [1.29, 1.82) is 0 Å². The Hall–Kier alpha value is -1.01. The van der Waals surface area contributed by atoms with Gasteiger partial charge in [0.2, 0.25) is 11.0 Å². The Morgan fingerprint density at radius 1 is 1.57 bits per heavy atom. The maximum Gasteiger partial charge on any atom is 0.243 e. The molecule has 0 fully saturated rings. The van der Waals surface area contributed by atoms with Gasteiger partial charge >= 0.3 is 0 Å². The van der Waals surface area contributed by atoms with Gasteiger partial charge in [-0.25, -0.2) is 4.98 Å². The zero-order valence-electron chi connectivity index (χ0n) is 8.44. The molecule has 1 atom stereocenters. The monoisotopic (exact) mass is 214 g/mol. The lowest BCUT2D eigenvalue weighted by molar-refractivity contribution is -0.118. The lowest BCUT2D eigenvalue weighted by Crippen LogP contribution is -2.39. The van der Waals surface area contributed by atoms with Crippen LogP contribution in [0, 0.1) is 12.8 Å². The number of nitrogens with one attached hydrogen (secondary N) is 1. The molecule has 0 aliphatic carbocycles. The maximum atomic E-state index is 11.5. The molecule has 0 aliphatic heterocycles. The van der Waals surface area contributed by atoms with Crippen molar-refractivity contribution in [2.45, 2.75) is 26.8 Å². The number of carbonyl (C=O) groups excluding carboxylic acids is 1. The van der Waals surface area contributed by atoms with Gasteiger partial charge in [-0.3, -0.25) is 10.1 Å². The van der Waals surface area contributed by atoms with E-state index >= 15 is 0 Å². The molecule has 1 amide bonds. The average Bonchev–Trinajstić information content (AvgIpc) is 2.49. The molecule has 0 bridgehead atoms. The molecular formula is C8H14N4OS. The summed E-state index contributed by atoms with van der Waals surface area (Å²) in [4.78, 5) is 15.5. The van der Waals surface area contributed by atoms with Gasteiger partial charge in [0.15, 0.2) is 0 Å². The molecule has 3 N–H and O–H groups in total. The molecule has 5 nitrogen and oxygen atoms in total. The molecule has 0 aromatic carbocycles. The number of aryl methyl sites for hydroxylation is 1. The zero-order chi connectivity index (χ0) is 10.7. The summed E-state index contributed by atoms with van der Waals surface area (Å²) < 4.78 is 3.95. The van der Waals surface area contributed by atoms with E-state index in [1.807, 2.05) is 13.8 Å². The first-order valence-electron chi connectivity index (χ1n) is 4.37.